The fourth-order valence-corrected chi connectivity index (χ4v) is 2.25. The summed E-state index contributed by atoms with van der Waals surface area (Å²) in [7, 11) is 0. The van der Waals surface area contributed by atoms with Gasteiger partial charge in [0.05, 0.1) is 19.4 Å². The molecule has 5 heteroatoms. The molecule has 1 amide bonds. The number of rotatable bonds is 9. The molecule has 0 aromatic heterocycles. The number of hydrazone groups is 1. The zero-order chi connectivity index (χ0) is 18.8. The lowest BCUT2D eigenvalue weighted by molar-refractivity contribution is 0.0955. The lowest BCUT2D eigenvalue weighted by Crippen LogP contribution is -2.17. The summed E-state index contributed by atoms with van der Waals surface area (Å²) >= 11 is 0. The maximum atomic E-state index is 12.0. The Balaban J connectivity index is 2.01. The molecule has 0 aliphatic carbocycles. The van der Waals surface area contributed by atoms with Gasteiger partial charge in [0, 0.05) is 5.56 Å². The fourth-order valence-electron chi connectivity index (χ4n) is 2.25. The highest BCUT2D eigenvalue weighted by molar-refractivity contribution is 5.94. The van der Waals surface area contributed by atoms with E-state index in [1.807, 2.05) is 44.2 Å². The largest absolute Gasteiger partial charge is 0.490 e. The number of amides is 1. The van der Waals surface area contributed by atoms with E-state index in [1.165, 1.54) is 0 Å². The van der Waals surface area contributed by atoms with Crippen molar-refractivity contribution in [2.45, 2.75) is 33.6 Å². The summed E-state index contributed by atoms with van der Waals surface area (Å²) in [5, 5.41) is 4.03. The van der Waals surface area contributed by atoms with E-state index in [9.17, 15) is 4.79 Å². The second kappa shape index (κ2) is 10.2. The number of hydrogen-bond acceptors (Lipinski definition) is 4. The first-order chi connectivity index (χ1) is 12.6. The van der Waals surface area contributed by atoms with Crippen LogP contribution in [-0.2, 0) is 0 Å². The van der Waals surface area contributed by atoms with Gasteiger partial charge in [0.1, 0.15) is 0 Å². The van der Waals surface area contributed by atoms with Crippen LogP contribution in [0.1, 0.15) is 48.2 Å². The van der Waals surface area contributed by atoms with Gasteiger partial charge in [0.25, 0.3) is 5.91 Å². The van der Waals surface area contributed by atoms with Crippen molar-refractivity contribution in [3.63, 3.8) is 0 Å². The van der Waals surface area contributed by atoms with Crippen LogP contribution in [0.2, 0.25) is 0 Å². The Labute approximate surface area is 155 Å². The predicted octanol–water partition coefficient (Wildman–Crippen LogP) is 4.34. The predicted molar refractivity (Wildman–Crippen MR) is 104 cm³/mol. The first-order valence-corrected chi connectivity index (χ1v) is 8.93. The van der Waals surface area contributed by atoms with Crippen LogP contribution in [0.3, 0.4) is 0 Å². The zero-order valence-corrected chi connectivity index (χ0v) is 15.6. The summed E-state index contributed by atoms with van der Waals surface area (Å²) < 4.78 is 11.4. The number of hydrogen-bond donors (Lipinski definition) is 1. The molecule has 0 heterocycles. The van der Waals surface area contributed by atoms with E-state index in [4.69, 9.17) is 9.47 Å². The second-order valence-corrected chi connectivity index (χ2v) is 5.91. The number of carbonyl (C=O) groups excluding carboxylic acids is 1. The molecule has 26 heavy (non-hydrogen) atoms. The topological polar surface area (TPSA) is 59.9 Å². The molecule has 0 radical (unpaired) electrons. The average Bonchev–Trinajstić information content (AvgIpc) is 2.64. The van der Waals surface area contributed by atoms with Crippen LogP contribution in [0.5, 0.6) is 11.5 Å². The highest BCUT2D eigenvalue weighted by Gasteiger charge is 2.06. The van der Waals surface area contributed by atoms with E-state index in [2.05, 4.69) is 17.5 Å². The molecular weight excluding hydrogens is 328 g/mol. The molecule has 0 fully saturated rings. The Bertz CT molecular complexity index is 739. The van der Waals surface area contributed by atoms with Gasteiger partial charge in [0.15, 0.2) is 11.5 Å². The average molecular weight is 354 g/mol. The van der Waals surface area contributed by atoms with Crippen LogP contribution in [0.25, 0.3) is 0 Å². The molecular formula is C21H26N2O3. The van der Waals surface area contributed by atoms with E-state index in [0.29, 0.717) is 24.5 Å². The summed E-state index contributed by atoms with van der Waals surface area (Å²) in [6.45, 7) is 7.24. The van der Waals surface area contributed by atoms with Crippen molar-refractivity contribution in [2.75, 3.05) is 13.2 Å². The van der Waals surface area contributed by atoms with Gasteiger partial charge in [-0.25, -0.2) is 5.43 Å². The molecule has 2 aromatic rings. The third-order valence-corrected chi connectivity index (χ3v) is 3.72. The molecule has 0 atom stereocenters. The number of nitrogens with zero attached hydrogens (tertiary/aromatic N) is 1. The number of nitrogens with one attached hydrogen (secondary N) is 1. The number of unbranched alkanes of at least 4 members (excludes halogenated alkanes) is 1. The normalized spacial score (nSPS) is 10.7. The van der Waals surface area contributed by atoms with Gasteiger partial charge in [-0.1, -0.05) is 31.0 Å². The molecule has 0 aliphatic rings. The molecule has 1 N–H and O–H groups in total. The van der Waals surface area contributed by atoms with Crippen LogP contribution >= 0.6 is 0 Å². The number of benzene rings is 2. The van der Waals surface area contributed by atoms with Crippen LogP contribution in [0, 0.1) is 6.92 Å². The molecule has 0 bridgehead atoms. The van der Waals surface area contributed by atoms with Crippen LogP contribution in [0.15, 0.2) is 47.6 Å². The highest BCUT2D eigenvalue weighted by atomic mass is 16.5. The SMILES string of the molecule is CCCCOc1ccc(/C=N/NC(=O)c2ccc(C)cc2)cc1OCC. The molecule has 0 saturated heterocycles. The molecule has 138 valence electrons. The zero-order valence-electron chi connectivity index (χ0n) is 15.6. The van der Waals surface area contributed by atoms with Crippen LogP contribution < -0.4 is 14.9 Å². The van der Waals surface area contributed by atoms with Crippen molar-refractivity contribution in [2.24, 2.45) is 5.10 Å². The quantitative estimate of drug-likeness (QED) is 0.414. The smallest absolute Gasteiger partial charge is 0.271 e. The fraction of sp³-hybridized carbons (Fsp3) is 0.333. The van der Waals surface area contributed by atoms with Gasteiger partial charge < -0.3 is 9.47 Å². The van der Waals surface area contributed by atoms with Gasteiger partial charge in [0.2, 0.25) is 0 Å². The monoisotopic (exact) mass is 354 g/mol. The summed E-state index contributed by atoms with van der Waals surface area (Å²) in [4.78, 5) is 12.0. The van der Waals surface area contributed by atoms with Crippen molar-refractivity contribution in [3.8, 4) is 11.5 Å². The van der Waals surface area contributed by atoms with Gasteiger partial charge in [-0.3, -0.25) is 4.79 Å². The van der Waals surface area contributed by atoms with Crippen molar-refractivity contribution in [1.82, 2.24) is 5.43 Å². The highest BCUT2D eigenvalue weighted by Crippen LogP contribution is 2.28. The molecule has 2 rings (SSSR count). The van der Waals surface area contributed by atoms with E-state index < -0.39 is 0 Å². The van der Waals surface area contributed by atoms with Crippen LogP contribution in [0.4, 0.5) is 0 Å². The lowest BCUT2D eigenvalue weighted by Gasteiger charge is -2.12. The van der Waals surface area contributed by atoms with Gasteiger partial charge in [-0.05, 0) is 56.2 Å². The molecule has 0 saturated carbocycles. The summed E-state index contributed by atoms with van der Waals surface area (Å²) in [6, 6.07) is 12.9. The Morgan fingerprint density at radius 1 is 1.08 bits per heavy atom. The Morgan fingerprint density at radius 3 is 2.54 bits per heavy atom. The number of ether oxygens (including phenoxy) is 2. The molecule has 0 unspecified atom stereocenters. The summed E-state index contributed by atoms with van der Waals surface area (Å²) in [5.41, 5.74) is 5.03. The maximum absolute atomic E-state index is 12.0. The maximum Gasteiger partial charge on any atom is 0.271 e. The van der Waals surface area contributed by atoms with Crippen LogP contribution in [-0.4, -0.2) is 25.3 Å². The van der Waals surface area contributed by atoms with Crippen molar-refractivity contribution >= 4 is 12.1 Å². The minimum absolute atomic E-state index is 0.245. The lowest BCUT2D eigenvalue weighted by atomic mass is 10.1. The minimum atomic E-state index is -0.245. The molecule has 0 aliphatic heterocycles. The number of carbonyl (C=O) groups is 1. The van der Waals surface area contributed by atoms with Crippen molar-refractivity contribution in [3.05, 3.63) is 59.2 Å². The first kappa shape index (κ1) is 19.5. The third kappa shape index (κ3) is 5.92. The first-order valence-electron chi connectivity index (χ1n) is 8.93. The summed E-state index contributed by atoms with van der Waals surface area (Å²) in [6.07, 6.45) is 3.67. The van der Waals surface area contributed by atoms with Crippen molar-refractivity contribution in [1.29, 1.82) is 0 Å². The van der Waals surface area contributed by atoms with E-state index in [1.54, 1.807) is 18.3 Å². The molecule has 2 aromatic carbocycles. The van der Waals surface area contributed by atoms with Gasteiger partial charge in [-0.2, -0.15) is 5.10 Å². The van der Waals surface area contributed by atoms with Crippen molar-refractivity contribution < 1.29 is 14.3 Å². The molecule has 5 nitrogen and oxygen atoms in total. The van der Waals surface area contributed by atoms with Gasteiger partial charge in [-0.15, -0.1) is 0 Å². The second-order valence-electron chi connectivity index (χ2n) is 5.91. The third-order valence-electron chi connectivity index (χ3n) is 3.72. The Hall–Kier alpha value is -2.82. The van der Waals surface area contributed by atoms with E-state index in [-0.39, 0.29) is 5.91 Å². The molecule has 0 spiro atoms. The van der Waals surface area contributed by atoms with E-state index in [0.717, 1.165) is 29.7 Å². The standard InChI is InChI=1S/C21H26N2O3/c1-4-6-13-26-19-12-9-17(14-20(19)25-5-2)15-22-23-21(24)18-10-7-16(3)8-11-18/h7-12,14-15H,4-6,13H2,1-3H3,(H,23,24)/b22-15+. The number of aryl methyl sites for hydroxylation is 1. The Morgan fingerprint density at radius 2 is 1.85 bits per heavy atom. The Kier molecular flexibility index (Phi) is 7.68. The van der Waals surface area contributed by atoms with Gasteiger partial charge >= 0.3 is 0 Å². The summed E-state index contributed by atoms with van der Waals surface area (Å²) in [5.74, 6) is 1.16. The van der Waals surface area contributed by atoms with E-state index >= 15 is 0 Å². The minimum Gasteiger partial charge on any atom is -0.490 e.